The molecular formula is C22H14BF8NO2S. The molecule has 3 aromatic rings. The standard InChI is InChI=1S/C16H14NO2S.C6BF8/c1-20(19,15-9-7-13(11-17)8-10-15)12-16(18)14-5-3-2-4-6-14;8-2-1(7(13,14)15)3(9)5(11)6(12)4(2)10/h2-10H,12H2,1H3;/q+1;-1. The largest absolute Gasteiger partial charge is 0.515 e. The molecular weight excluding hydrogens is 505 g/mol. The van der Waals surface area contributed by atoms with Gasteiger partial charge in [-0.15, -0.1) is 0 Å². The first-order valence-corrected chi connectivity index (χ1v) is 11.6. The van der Waals surface area contributed by atoms with Gasteiger partial charge in [-0.05, 0) is 29.7 Å². The maximum Gasteiger partial charge on any atom is 0.515 e. The number of Topliss-reactive ketones (excluding diaryl/α,β-unsaturated/α-hetero) is 1. The molecule has 13 heteroatoms. The summed E-state index contributed by atoms with van der Waals surface area (Å²) in [5.74, 6) is -13.7. The van der Waals surface area contributed by atoms with Gasteiger partial charge in [0, 0.05) is 5.56 Å². The Labute approximate surface area is 195 Å². The molecule has 0 spiro atoms. The highest BCUT2D eigenvalue weighted by Crippen LogP contribution is 2.22. The lowest BCUT2D eigenvalue weighted by molar-refractivity contribution is 0.102. The first kappa shape index (κ1) is 27.7. The van der Waals surface area contributed by atoms with E-state index < -0.39 is 51.5 Å². The van der Waals surface area contributed by atoms with Gasteiger partial charge in [0.05, 0.1) is 11.6 Å². The Morgan fingerprint density at radius 1 is 0.829 bits per heavy atom. The van der Waals surface area contributed by atoms with Gasteiger partial charge in [0.2, 0.25) is 5.78 Å². The molecule has 0 aliphatic heterocycles. The number of hydrogen-bond donors (Lipinski definition) is 0. The van der Waals surface area contributed by atoms with Gasteiger partial charge in [-0.2, -0.15) is 5.26 Å². The number of carbonyl (C=O) groups excluding carboxylic acids is 1. The number of halogens is 8. The zero-order valence-corrected chi connectivity index (χ0v) is 18.5. The SMILES string of the molecule is C[S+](=O)(CC(=O)c1ccccc1)c1ccc(C#N)cc1.Fc1c(F)c(F)c([B-](F)(F)F)c(F)c1F. The summed E-state index contributed by atoms with van der Waals surface area (Å²) in [5.41, 5.74) is -1.65. The third kappa shape index (κ3) is 6.54. The zero-order valence-electron chi connectivity index (χ0n) is 17.7. The van der Waals surface area contributed by atoms with Gasteiger partial charge in [0.1, 0.15) is 27.8 Å². The predicted octanol–water partition coefficient (Wildman–Crippen LogP) is 5.37. The topological polar surface area (TPSA) is 57.9 Å². The second-order valence-electron chi connectivity index (χ2n) is 7.13. The average molecular weight is 519 g/mol. The fraction of sp³-hybridized carbons (Fsp3) is 0.0909. The zero-order chi connectivity index (χ0) is 26.6. The van der Waals surface area contributed by atoms with E-state index in [1.165, 1.54) is 0 Å². The number of hydrogen-bond acceptors (Lipinski definition) is 3. The molecule has 1 atom stereocenters. The summed E-state index contributed by atoms with van der Waals surface area (Å²) in [5, 5.41) is 8.75. The van der Waals surface area contributed by atoms with Crippen molar-refractivity contribution in [1.82, 2.24) is 0 Å². The third-order valence-corrected chi connectivity index (χ3v) is 6.64. The average Bonchev–Trinajstić information content (AvgIpc) is 2.81. The van der Waals surface area contributed by atoms with Crippen LogP contribution < -0.4 is 5.46 Å². The number of benzene rings is 3. The normalized spacial score (nSPS) is 12.7. The summed E-state index contributed by atoms with van der Waals surface area (Å²) in [6.07, 6.45) is 1.58. The van der Waals surface area contributed by atoms with Crippen LogP contribution in [0.5, 0.6) is 0 Å². The molecule has 3 nitrogen and oxygen atoms in total. The van der Waals surface area contributed by atoms with E-state index in [1.807, 2.05) is 12.1 Å². The number of rotatable bonds is 5. The first-order chi connectivity index (χ1) is 16.2. The van der Waals surface area contributed by atoms with E-state index in [2.05, 4.69) is 0 Å². The summed E-state index contributed by atoms with van der Waals surface area (Å²) in [4.78, 5) is 12.7. The van der Waals surface area contributed by atoms with Crippen LogP contribution >= 0.6 is 0 Å². The minimum Gasteiger partial charge on any atom is -0.445 e. The molecule has 0 aromatic heterocycles. The monoisotopic (exact) mass is 519 g/mol. The van der Waals surface area contributed by atoms with Crippen molar-refractivity contribution in [2.45, 2.75) is 4.90 Å². The fourth-order valence-corrected chi connectivity index (χ4v) is 4.31. The van der Waals surface area contributed by atoms with Crippen molar-refractivity contribution in [1.29, 1.82) is 5.26 Å². The van der Waals surface area contributed by atoms with Crippen LogP contribution in [0, 0.1) is 40.4 Å². The lowest BCUT2D eigenvalue weighted by atomic mass is 9.79. The predicted molar refractivity (Wildman–Crippen MR) is 114 cm³/mol. The summed E-state index contributed by atoms with van der Waals surface area (Å²) >= 11 is 0. The van der Waals surface area contributed by atoms with Gasteiger partial charge in [-0.3, -0.25) is 4.79 Å². The molecule has 184 valence electrons. The first-order valence-electron chi connectivity index (χ1n) is 9.47. The van der Waals surface area contributed by atoms with E-state index in [1.54, 1.807) is 54.8 Å². The van der Waals surface area contributed by atoms with Gasteiger partial charge in [-0.25, -0.2) is 22.0 Å². The Morgan fingerprint density at radius 2 is 1.29 bits per heavy atom. The minimum atomic E-state index is -6.30. The molecule has 0 bridgehead atoms. The molecule has 1 unspecified atom stereocenters. The molecule has 3 aromatic carbocycles. The van der Waals surface area contributed by atoms with Crippen LogP contribution in [-0.4, -0.2) is 24.8 Å². The van der Waals surface area contributed by atoms with E-state index in [4.69, 9.17) is 5.26 Å². The van der Waals surface area contributed by atoms with Crippen molar-refractivity contribution >= 4 is 28.2 Å². The number of ketones is 1. The fourth-order valence-electron chi connectivity index (χ4n) is 2.77. The molecule has 0 aliphatic rings. The minimum absolute atomic E-state index is 0.0249. The quantitative estimate of drug-likeness (QED) is 0.114. The van der Waals surface area contributed by atoms with Gasteiger partial charge in [0.15, 0.2) is 28.1 Å². The van der Waals surface area contributed by atoms with Gasteiger partial charge in [0.25, 0.3) is 0 Å². The van der Waals surface area contributed by atoms with Crippen LogP contribution in [0.4, 0.5) is 34.9 Å². The highest BCUT2D eigenvalue weighted by Gasteiger charge is 2.38. The maximum absolute atomic E-state index is 12.7. The molecule has 3 rings (SSSR count). The van der Waals surface area contributed by atoms with Crippen molar-refractivity contribution in [3.8, 4) is 6.07 Å². The van der Waals surface area contributed by atoms with Gasteiger partial charge in [-0.1, -0.05) is 34.5 Å². The molecule has 35 heavy (non-hydrogen) atoms. The molecule has 0 aliphatic carbocycles. The van der Waals surface area contributed by atoms with E-state index in [-0.39, 0.29) is 11.5 Å². The summed E-state index contributed by atoms with van der Waals surface area (Å²) in [6, 6.07) is 17.4. The van der Waals surface area contributed by atoms with Crippen LogP contribution in [0.15, 0.2) is 59.5 Å². The highest BCUT2D eigenvalue weighted by atomic mass is 32.2. The maximum atomic E-state index is 12.7. The smallest absolute Gasteiger partial charge is 0.445 e. The number of nitrogens with zero attached hydrogens (tertiary/aromatic N) is 1. The van der Waals surface area contributed by atoms with Gasteiger partial charge < -0.3 is 12.9 Å². The lowest BCUT2D eigenvalue weighted by Gasteiger charge is -2.17. The van der Waals surface area contributed by atoms with Crippen molar-refractivity contribution in [3.63, 3.8) is 0 Å². The van der Waals surface area contributed by atoms with Crippen molar-refractivity contribution in [2.24, 2.45) is 0 Å². The molecule has 0 radical (unpaired) electrons. The summed E-state index contributed by atoms with van der Waals surface area (Å²) in [6.45, 7) is -6.30. The van der Waals surface area contributed by atoms with Crippen molar-refractivity contribution in [2.75, 3.05) is 12.0 Å². The van der Waals surface area contributed by atoms with Crippen LogP contribution in [-0.2, 0) is 14.1 Å². The molecule has 0 fully saturated rings. The molecule has 0 heterocycles. The van der Waals surface area contributed by atoms with Crippen LogP contribution in [0.2, 0.25) is 0 Å². The van der Waals surface area contributed by atoms with E-state index in [9.17, 15) is 43.9 Å². The Hall–Kier alpha value is -3.53. The number of nitriles is 1. The Morgan fingerprint density at radius 3 is 1.71 bits per heavy atom. The third-order valence-electron chi connectivity index (χ3n) is 4.56. The van der Waals surface area contributed by atoms with Gasteiger partial charge >= 0.3 is 6.98 Å². The van der Waals surface area contributed by atoms with E-state index >= 15 is 0 Å². The van der Waals surface area contributed by atoms with Crippen LogP contribution in [0.25, 0.3) is 0 Å². The second-order valence-corrected chi connectivity index (χ2v) is 9.90. The summed E-state index contributed by atoms with van der Waals surface area (Å²) in [7, 11) is -2.44. The van der Waals surface area contributed by atoms with Crippen molar-refractivity contribution in [3.05, 3.63) is 94.8 Å². The molecule has 0 saturated heterocycles. The Balaban J connectivity index is 0.000000258. The van der Waals surface area contributed by atoms with Crippen LogP contribution in [0.1, 0.15) is 15.9 Å². The Bertz CT molecular complexity index is 1290. The van der Waals surface area contributed by atoms with Crippen LogP contribution in [0.3, 0.4) is 0 Å². The second kappa shape index (κ2) is 10.8. The molecule has 0 N–H and O–H groups in total. The van der Waals surface area contributed by atoms with E-state index in [0.29, 0.717) is 16.0 Å². The highest BCUT2D eigenvalue weighted by molar-refractivity contribution is 8.03. The molecule has 0 saturated carbocycles. The van der Waals surface area contributed by atoms with Crippen molar-refractivity contribution < 1.29 is 43.9 Å². The van der Waals surface area contributed by atoms with E-state index in [0.717, 1.165) is 0 Å². The summed E-state index contributed by atoms with van der Waals surface area (Å²) < 4.78 is 110. The Kier molecular flexibility index (Phi) is 8.57. The molecule has 0 amide bonds. The number of carbonyl (C=O) groups is 1. The lowest BCUT2D eigenvalue weighted by Crippen LogP contribution is -2.41.